The minimum absolute atomic E-state index is 0.0180. The number of amides is 1. The van der Waals surface area contributed by atoms with Crippen molar-refractivity contribution in [2.75, 3.05) is 14.1 Å². The van der Waals surface area contributed by atoms with E-state index in [-0.39, 0.29) is 36.1 Å². The predicted octanol–water partition coefficient (Wildman–Crippen LogP) is 1.47. The number of benzene rings is 2. The van der Waals surface area contributed by atoms with Crippen molar-refractivity contribution >= 4 is 17.5 Å². The Morgan fingerprint density at radius 3 is 2.38 bits per heavy atom. The molecule has 6 N–H and O–H groups in total. The lowest BCUT2D eigenvalue weighted by Crippen LogP contribution is -2.63. The fourth-order valence-electron chi connectivity index (χ4n) is 6.35. The third kappa shape index (κ3) is 3.77. The molecule has 3 aliphatic carbocycles. The highest BCUT2D eigenvalue weighted by Gasteiger charge is 2.62. The standard InChI is InChI=1S/C28H30N2O7/c1-30(2)12-13-3-5-14(6-4-13)17-7-8-19(31)22-18(17)10-15-9-16-11-20(32)23(27(29)36)26(35)28(16,37)25(34)21(15)24(22)33/h3-8,15-16,20,23,31-32,34,37H,9-12H2,1-2H3,(H2,29,36)/t15-,16+,20?,23?,28+/m1/s1. The van der Waals surface area contributed by atoms with Crippen LogP contribution in [0, 0.1) is 17.8 Å². The Hall–Kier alpha value is -3.53. The van der Waals surface area contributed by atoms with Gasteiger partial charge in [0.2, 0.25) is 5.91 Å². The fraction of sp³-hybridized carbons (Fsp3) is 0.393. The quantitative estimate of drug-likeness (QED) is 0.390. The van der Waals surface area contributed by atoms with E-state index in [4.69, 9.17) is 5.73 Å². The molecule has 0 aliphatic heterocycles. The molecule has 9 nitrogen and oxygen atoms in total. The van der Waals surface area contributed by atoms with Crippen LogP contribution in [-0.2, 0) is 22.6 Å². The first kappa shape index (κ1) is 25.1. The van der Waals surface area contributed by atoms with Gasteiger partial charge in [0.05, 0.1) is 11.7 Å². The van der Waals surface area contributed by atoms with Crippen LogP contribution in [0.25, 0.3) is 11.1 Å². The molecule has 1 fully saturated rings. The minimum Gasteiger partial charge on any atom is -0.508 e. The van der Waals surface area contributed by atoms with Crippen molar-refractivity contribution in [3.63, 3.8) is 0 Å². The Kier molecular flexibility index (Phi) is 5.97. The molecule has 0 radical (unpaired) electrons. The number of phenols is 1. The maximum Gasteiger partial charge on any atom is 0.230 e. The molecule has 5 rings (SSSR count). The Morgan fingerprint density at radius 1 is 1.08 bits per heavy atom. The SMILES string of the molecule is CN(C)Cc1ccc(-c2ccc(O)c3c2C[C@H]2C[C@H]4CC(O)C(C(N)=O)C(=O)[C@@]4(O)C(O)=C2C3=O)cc1. The van der Waals surface area contributed by atoms with Crippen molar-refractivity contribution < 1.29 is 34.8 Å². The monoisotopic (exact) mass is 506 g/mol. The molecule has 1 saturated carbocycles. The number of ketones is 2. The van der Waals surface area contributed by atoms with Crippen LogP contribution >= 0.6 is 0 Å². The molecule has 194 valence electrons. The molecule has 2 aromatic rings. The number of carbonyl (C=O) groups is 3. The van der Waals surface area contributed by atoms with E-state index >= 15 is 0 Å². The summed E-state index contributed by atoms with van der Waals surface area (Å²) in [6.45, 7) is 0.771. The lowest BCUT2D eigenvalue weighted by Gasteiger charge is -2.48. The number of fused-ring (bicyclic) bond motifs is 3. The second-order valence-electron chi connectivity index (χ2n) is 10.7. The van der Waals surface area contributed by atoms with Crippen molar-refractivity contribution in [2.45, 2.75) is 37.5 Å². The summed E-state index contributed by atoms with van der Waals surface area (Å²) in [5.74, 6) is -7.11. The molecule has 9 heteroatoms. The van der Waals surface area contributed by atoms with E-state index in [9.17, 15) is 34.8 Å². The Bertz CT molecular complexity index is 1350. The summed E-state index contributed by atoms with van der Waals surface area (Å²) in [7, 11) is 3.96. The molecule has 0 bridgehead atoms. The third-order valence-electron chi connectivity index (χ3n) is 8.04. The zero-order chi connectivity index (χ0) is 26.8. The number of phenolic OH excluding ortho intramolecular Hbond substituents is 1. The van der Waals surface area contributed by atoms with Crippen LogP contribution in [0.2, 0.25) is 0 Å². The van der Waals surface area contributed by atoms with Gasteiger partial charge in [-0.2, -0.15) is 0 Å². The normalized spacial score (nSPS) is 29.1. The first-order valence-corrected chi connectivity index (χ1v) is 12.3. The summed E-state index contributed by atoms with van der Waals surface area (Å²) in [5.41, 5.74) is 6.03. The van der Waals surface area contributed by atoms with Crippen molar-refractivity contribution in [1.82, 2.24) is 4.90 Å². The Labute approximate surface area is 213 Å². The van der Waals surface area contributed by atoms with Gasteiger partial charge in [-0.1, -0.05) is 30.3 Å². The van der Waals surface area contributed by atoms with Gasteiger partial charge in [0.15, 0.2) is 17.2 Å². The average Bonchev–Trinajstić information content (AvgIpc) is 2.81. The molecular formula is C28H30N2O7. The maximum atomic E-state index is 13.7. The van der Waals surface area contributed by atoms with Gasteiger partial charge in [-0.3, -0.25) is 14.4 Å². The lowest BCUT2D eigenvalue weighted by atomic mass is 9.57. The first-order valence-electron chi connectivity index (χ1n) is 12.3. The zero-order valence-electron chi connectivity index (χ0n) is 20.6. The fourth-order valence-corrected chi connectivity index (χ4v) is 6.35. The Balaban J connectivity index is 1.61. The second kappa shape index (κ2) is 8.79. The van der Waals surface area contributed by atoms with E-state index in [2.05, 4.69) is 4.90 Å². The van der Waals surface area contributed by atoms with E-state index in [1.165, 1.54) is 6.07 Å². The van der Waals surface area contributed by atoms with Crippen LogP contribution in [-0.4, -0.2) is 68.6 Å². The van der Waals surface area contributed by atoms with E-state index < -0.39 is 52.7 Å². The van der Waals surface area contributed by atoms with E-state index in [1.54, 1.807) is 6.07 Å². The number of Topliss-reactive ketones (excluding diaryl/α,β-unsaturated/α-hetero) is 2. The number of carbonyl (C=O) groups excluding carboxylic acids is 3. The molecule has 37 heavy (non-hydrogen) atoms. The third-order valence-corrected chi connectivity index (χ3v) is 8.04. The zero-order valence-corrected chi connectivity index (χ0v) is 20.6. The summed E-state index contributed by atoms with van der Waals surface area (Å²) < 4.78 is 0. The van der Waals surface area contributed by atoms with Crippen LogP contribution in [0.1, 0.15) is 34.3 Å². The van der Waals surface area contributed by atoms with Crippen LogP contribution in [0.5, 0.6) is 5.75 Å². The lowest BCUT2D eigenvalue weighted by molar-refractivity contribution is -0.167. The number of aliphatic hydroxyl groups excluding tert-OH is 2. The van der Waals surface area contributed by atoms with Crippen LogP contribution < -0.4 is 5.73 Å². The number of allylic oxidation sites excluding steroid dienone is 1. The van der Waals surface area contributed by atoms with Crippen LogP contribution in [0.3, 0.4) is 0 Å². The maximum absolute atomic E-state index is 13.7. The molecule has 3 aliphatic rings. The largest absolute Gasteiger partial charge is 0.508 e. The van der Waals surface area contributed by atoms with Gasteiger partial charge in [0.25, 0.3) is 0 Å². The van der Waals surface area contributed by atoms with Crippen molar-refractivity contribution in [2.24, 2.45) is 23.5 Å². The van der Waals surface area contributed by atoms with Gasteiger partial charge in [-0.25, -0.2) is 0 Å². The number of rotatable bonds is 4. The van der Waals surface area contributed by atoms with Gasteiger partial charge in [0, 0.05) is 18.0 Å². The minimum atomic E-state index is -2.51. The highest BCUT2D eigenvalue weighted by molar-refractivity contribution is 6.16. The molecule has 0 heterocycles. The molecule has 2 aromatic carbocycles. The number of primary amides is 1. The Morgan fingerprint density at radius 2 is 1.76 bits per heavy atom. The molecule has 0 spiro atoms. The summed E-state index contributed by atoms with van der Waals surface area (Å²) in [5, 5.41) is 43.6. The van der Waals surface area contributed by atoms with E-state index in [1.807, 2.05) is 38.4 Å². The van der Waals surface area contributed by atoms with Crippen molar-refractivity contribution in [3.05, 3.63) is 64.4 Å². The molecule has 1 amide bonds. The van der Waals surface area contributed by atoms with Crippen molar-refractivity contribution in [3.8, 4) is 16.9 Å². The van der Waals surface area contributed by atoms with Gasteiger partial charge >= 0.3 is 0 Å². The number of aliphatic hydroxyl groups is 3. The number of hydrogen-bond acceptors (Lipinski definition) is 8. The highest BCUT2D eigenvalue weighted by atomic mass is 16.3. The number of nitrogens with two attached hydrogens (primary N) is 1. The smallest absolute Gasteiger partial charge is 0.230 e. The van der Waals surface area contributed by atoms with Gasteiger partial charge in [-0.05, 0) is 67.6 Å². The predicted molar refractivity (Wildman–Crippen MR) is 133 cm³/mol. The molecule has 0 aromatic heterocycles. The van der Waals surface area contributed by atoms with Gasteiger partial charge in [0.1, 0.15) is 17.4 Å². The highest BCUT2D eigenvalue weighted by Crippen LogP contribution is 2.52. The average molecular weight is 507 g/mol. The molecule has 0 saturated heterocycles. The topological polar surface area (TPSA) is 161 Å². The first-order chi connectivity index (χ1) is 17.4. The summed E-state index contributed by atoms with van der Waals surface area (Å²) in [6.07, 6.45) is -1.12. The number of nitrogens with zero attached hydrogens (tertiary/aromatic N) is 1. The summed E-state index contributed by atoms with van der Waals surface area (Å²) >= 11 is 0. The summed E-state index contributed by atoms with van der Waals surface area (Å²) in [6, 6.07) is 11.1. The summed E-state index contributed by atoms with van der Waals surface area (Å²) in [4.78, 5) is 40.7. The molecule has 2 unspecified atom stereocenters. The van der Waals surface area contributed by atoms with Crippen molar-refractivity contribution in [1.29, 1.82) is 0 Å². The van der Waals surface area contributed by atoms with Gasteiger partial charge in [-0.15, -0.1) is 0 Å². The molecular weight excluding hydrogens is 476 g/mol. The van der Waals surface area contributed by atoms with Crippen LogP contribution in [0.15, 0.2) is 47.7 Å². The number of aromatic hydroxyl groups is 1. The number of hydrogen-bond donors (Lipinski definition) is 5. The second-order valence-corrected chi connectivity index (χ2v) is 10.7. The molecule has 5 atom stereocenters. The van der Waals surface area contributed by atoms with E-state index in [0.717, 1.165) is 23.2 Å². The van der Waals surface area contributed by atoms with E-state index in [0.29, 0.717) is 5.56 Å². The van der Waals surface area contributed by atoms with Crippen LogP contribution in [0.4, 0.5) is 0 Å². The van der Waals surface area contributed by atoms with Gasteiger partial charge < -0.3 is 31.1 Å².